The minimum absolute atomic E-state index is 0. The lowest BCUT2D eigenvalue weighted by molar-refractivity contribution is -0.136. The van der Waals surface area contributed by atoms with E-state index in [1.165, 1.54) is 0 Å². The molecule has 1 atom stereocenters. The first-order chi connectivity index (χ1) is 11.3. The zero-order valence-electron chi connectivity index (χ0n) is 15.3. The first-order valence-corrected chi connectivity index (χ1v) is 8.65. The molecule has 2 amide bonds. The largest absolute Gasteiger partial charge is 0.353 e. The number of nitrogens with two attached hydrogens (primary N) is 1. The molecule has 0 aromatic heterocycles. The van der Waals surface area contributed by atoms with Gasteiger partial charge in [0, 0.05) is 19.1 Å². The number of piperidine rings is 1. The summed E-state index contributed by atoms with van der Waals surface area (Å²) in [5.74, 6) is 0.0499. The molecular formula is C19H30ClN3O2. The van der Waals surface area contributed by atoms with Gasteiger partial charge in [0.15, 0.2) is 0 Å². The Bertz CT molecular complexity index is 564. The van der Waals surface area contributed by atoms with E-state index in [-0.39, 0.29) is 35.7 Å². The number of amides is 2. The molecule has 6 heteroatoms. The van der Waals surface area contributed by atoms with Gasteiger partial charge in [0.25, 0.3) is 0 Å². The third-order valence-electron chi connectivity index (χ3n) is 4.58. The molecule has 0 aliphatic carbocycles. The molecule has 1 heterocycles. The van der Waals surface area contributed by atoms with Crippen LogP contribution in [0.1, 0.15) is 39.2 Å². The average Bonchev–Trinajstić information content (AvgIpc) is 2.54. The topological polar surface area (TPSA) is 75.4 Å². The van der Waals surface area contributed by atoms with Crippen molar-refractivity contribution in [2.75, 3.05) is 13.1 Å². The first kappa shape index (κ1) is 21.5. The molecule has 1 aromatic carbocycles. The molecule has 3 N–H and O–H groups in total. The van der Waals surface area contributed by atoms with Crippen LogP contribution in [0.15, 0.2) is 30.3 Å². The number of hydrogen-bond donors (Lipinski definition) is 2. The van der Waals surface area contributed by atoms with Crippen LogP contribution in [0, 0.1) is 5.41 Å². The molecule has 0 bridgehead atoms. The van der Waals surface area contributed by atoms with Crippen LogP contribution >= 0.6 is 12.4 Å². The van der Waals surface area contributed by atoms with Crippen molar-refractivity contribution in [1.82, 2.24) is 10.2 Å². The second-order valence-corrected chi connectivity index (χ2v) is 7.67. The molecule has 0 saturated carbocycles. The highest BCUT2D eigenvalue weighted by Crippen LogP contribution is 2.21. The molecule has 0 radical (unpaired) electrons. The Labute approximate surface area is 156 Å². The fraction of sp³-hybridized carbons (Fsp3) is 0.579. The van der Waals surface area contributed by atoms with E-state index < -0.39 is 6.04 Å². The molecule has 0 spiro atoms. The van der Waals surface area contributed by atoms with E-state index in [1.54, 1.807) is 0 Å². The van der Waals surface area contributed by atoms with Gasteiger partial charge in [0.1, 0.15) is 0 Å². The molecule has 1 saturated heterocycles. The lowest BCUT2D eigenvalue weighted by atomic mass is 9.86. The standard InChI is InChI=1S/C19H29N3O2.ClH/c1-19(2,3)17(20)18(24)22-11-9-15(10-12-22)21-16(23)13-14-7-5-4-6-8-14;/h4-8,15,17H,9-13,20H2,1-3H3,(H,21,23);1H. The predicted octanol–water partition coefficient (Wildman–Crippen LogP) is 2.13. The number of nitrogens with zero attached hydrogens (tertiary/aromatic N) is 1. The Morgan fingerprint density at radius 2 is 1.76 bits per heavy atom. The van der Waals surface area contributed by atoms with Crippen LogP contribution in [0.5, 0.6) is 0 Å². The minimum atomic E-state index is -0.485. The van der Waals surface area contributed by atoms with Gasteiger partial charge in [0.2, 0.25) is 11.8 Å². The molecule has 5 nitrogen and oxygen atoms in total. The summed E-state index contributed by atoms with van der Waals surface area (Å²) in [7, 11) is 0. The van der Waals surface area contributed by atoms with E-state index in [2.05, 4.69) is 5.32 Å². The highest BCUT2D eigenvalue weighted by molar-refractivity contribution is 5.85. The van der Waals surface area contributed by atoms with Gasteiger partial charge in [0.05, 0.1) is 12.5 Å². The van der Waals surface area contributed by atoms with Crippen LogP contribution in [0.25, 0.3) is 0 Å². The number of carbonyl (C=O) groups is 2. The summed E-state index contributed by atoms with van der Waals surface area (Å²) in [6.45, 7) is 7.24. The third-order valence-corrected chi connectivity index (χ3v) is 4.58. The maximum Gasteiger partial charge on any atom is 0.240 e. The van der Waals surface area contributed by atoms with Crippen LogP contribution in [-0.2, 0) is 16.0 Å². The number of benzene rings is 1. The maximum absolute atomic E-state index is 12.4. The molecule has 1 fully saturated rings. The van der Waals surface area contributed by atoms with Crippen molar-refractivity contribution in [1.29, 1.82) is 0 Å². The predicted molar refractivity (Wildman–Crippen MR) is 103 cm³/mol. The summed E-state index contributed by atoms with van der Waals surface area (Å²) in [6.07, 6.45) is 1.96. The molecule has 140 valence electrons. The minimum Gasteiger partial charge on any atom is -0.353 e. The highest BCUT2D eigenvalue weighted by atomic mass is 35.5. The number of halogens is 1. The van der Waals surface area contributed by atoms with Crippen LogP contribution in [-0.4, -0.2) is 41.9 Å². The van der Waals surface area contributed by atoms with Gasteiger partial charge < -0.3 is 16.0 Å². The normalized spacial score (nSPS) is 16.7. The van der Waals surface area contributed by atoms with E-state index in [4.69, 9.17) is 5.73 Å². The number of likely N-dealkylation sites (tertiary alicyclic amines) is 1. The van der Waals surface area contributed by atoms with Crippen molar-refractivity contribution in [3.8, 4) is 0 Å². The Morgan fingerprint density at radius 3 is 2.28 bits per heavy atom. The number of nitrogens with one attached hydrogen (secondary N) is 1. The van der Waals surface area contributed by atoms with Crippen molar-refractivity contribution in [3.05, 3.63) is 35.9 Å². The Kier molecular flexibility index (Phi) is 7.90. The monoisotopic (exact) mass is 367 g/mol. The van der Waals surface area contributed by atoms with E-state index in [0.717, 1.165) is 18.4 Å². The molecule has 2 rings (SSSR count). The highest BCUT2D eigenvalue weighted by Gasteiger charge is 2.33. The van der Waals surface area contributed by atoms with Crippen LogP contribution in [0.2, 0.25) is 0 Å². The van der Waals surface area contributed by atoms with Crippen LogP contribution < -0.4 is 11.1 Å². The van der Waals surface area contributed by atoms with Crippen molar-refractivity contribution < 1.29 is 9.59 Å². The summed E-state index contributed by atoms with van der Waals surface area (Å²) in [5.41, 5.74) is 6.84. The molecule has 25 heavy (non-hydrogen) atoms. The summed E-state index contributed by atoms with van der Waals surface area (Å²) >= 11 is 0. The van der Waals surface area contributed by atoms with Gasteiger partial charge in [-0.3, -0.25) is 9.59 Å². The van der Waals surface area contributed by atoms with Crippen molar-refractivity contribution in [2.24, 2.45) is 11.1 Å². The smallest absolute Gasteiger partial charge is 0.240 e. The van der Waals surface area contributed by atoms with Crippen LogP contribution in [0.3, 0.4) is 0 Å². The summed E-state index contributed by atoms with van der Waals surface area (Å²) in [6, 6.07) is 9.37. The fourth-order valence-electron chi connectivity index (χ4n) is 2.87. The molecule has 1 aliphatic rings. The van der Waals surface area contributed by atoms with Crippen molar-refractivity contribution in [3.63, 3.8) is 0 Å². The maximum atomic E-state index is 12.4. The SMILES string of the molecule is CC(C)(C)C(N)C(=O)N1CCC(NC(=O)Cc2ccccc2)CC1.Cl. The number of carbonyl (C=O) groups excluding carboxylic acids is 2. The molecular weight excluding hydrogens is 338 g/mol. The Morgan fingerprint density at radius 1 is 1.20 bits per heavy atom. The van der Waals surface area contributed by atoms with E-state index in [0.29, 0.717) is 19.5 Å². The van der Waals surface area contributed by atoms with Crippen LogP contribution in [0.4, 0.5) is 0 Å². The third kappa shape index (κ3) is 6.33. The number of hydrogen-bond acceptors (Lipinski definition) is 3. The first-order valence-electron chi connectivity index (χ1n) is 8.65. The molecule has 1 aromatic rings. The Balaban J connectivity index is 0.00000312. The van der Waals surface area contributed by atoms with Gasteiger partial charge in [-0.25, -0.2) is 0 Å². The lowest BCUT2D eigenvalue weighted by Gasteiger charge is -2.36. The van der Waals surface area contributed by atoms with Crippen molar-refractivity contribution in [2.45, 2.75) is 52.1 Å². The average molecular weight is 368 g/mol. The zero-order valence-corrected chi connectivity index (χ0v) is 16.1. The summed E-state index contributed by atoms with van der Waals surface area (Å²) < 4.78 is 0. The molecule has 1 unspecified atom stereocenters. The number of rotatable bonds is 4. The van der Waals surface area contributed by atoms with E-state index >= 15 is 0 Å². The summed E-state index contributed by atoms with van der Waals surface area (Å²) in [4.78, 5) is 26.4. The zero-order chi connectivity index (χ0) is 17.7. The second-order valence-electron chi connectivity index (χ2n) is 7.67. The fourth-order valence-corrected chi connectivity index (χ4v) is 2.87. The second kappa shape index (κ2) is 9.20. The van der Waals surface area contributed by atoms with Crippen molar-refractivity contribution >= 4 is 24.2 Å². The van der Waals surface area contributed by atoms with E-state index in [1.807, 2.05) is 56.0 Å². The quantitative estimate of drug-likeness (QED) is 0.856. The van der Waals surface area contributed by atoms with Gasteiger partial charge >= 0.3 is 0 Å². The Hall–Kier alpha value is -1.59. The van der Waals surface area contributed by atoms with Gasteiger partial charge in [-0.2, -0.15) is 0 Å². The van der Waals surface area contributed by atoms with Gasteiger partial charge in [-0.1, -0.05) is 51.1 Å². The molecule has 1 aliphatic heterocycles. The van der Waals surface area contributed by atoms with E-state index in [9.17, 15) is 9.59 Å². The summed E-state index contributed by atoms with van der Waals surface area (Å²) in [5, 5.41) is 3.08. The van der Waals surface area contributed by atoms with Gasteiger partial charge in [-0.05, 0) is 23.8 Å². The lowest BCUT2D eigenvalue weighted by Crippen LogP contribution is -2.54. The van der Waals surface area contributed by atoms with Gasteiger partial charge in [-0.15, -0.1) is 12.4 Å².